The first-order valence-electron chi connectivity index (χ1n) is 6.05. The molecule has 0 atom stereocenters. The fourth-order valence-corrected chi connectivity index (χ4v) is 2.57. The predicted octanol–water partition coefficient (Wildman–Crippen LogP) is 2.54. The van der Waals surface area contributed by atoms with Crippen LogP contribution in [-0.2, 0) is 22.9 Å². The van der Waals surface area contributed by atoms with Gasteiger partial charge in [-0.15, -0.1) is 0 Å². The van der Waals surface area contributed by atoms with Gasteiger partial charge in [0.25, 0.3) is 0 Å². The van der Waals surface area contributed by atoms with Crippen molar-refractivity contribution in [3.05, 3.63) is 58.3 Å². The summed E-state index contributed by atoms with van der Waals surface area (Å²) in [6, 6.07) is 10.8. The topological polar surface area (TPSA) is 59.1 Å². The first kappa shape index (κ1) is 15.2. The first-order chi connectivity index (χ1) is 9.45. The van der Waals surface area contributed by atoms with E-state index in [1.807, 2.05) is 24.3 Å². The van der Waals surface area contributed by atoms with Gasteiger partial charge in [-0.2, -0.15) is 0 Å². The van der Waals surface area contributed by atoms with Crippen LogP contribution >= 0.6 is 15.9 Å². The maximum Gasteiger partial charge on any atom is 0.175 e. The van der Waals surface area contributed by atoms with Crippen LogP contribution in [0.3, 0.4) is 0 Å². The number of benzene rings is 1. The SMILES string of the molecule is CS(=O)(=O)c1ccc(CNCc2ccc(Br)cn2)cc1. The number of nitrogens with one attached hydrogen (secondary N) is 1. The Morgan fingerprint density at radius 2 is 1.80 bits per heavy atom. The van der Waals surface area contributed by atoms with Crippen molar-refractivity contribution in [2.24, 2.45) is 0 Å². The zero-order chi connectivity index (χ0) is 14.6. The number of pyridine rings is 1. The largest absolute Gasteiger partial charge is 0.307 e. The number of halogens is 1. The third-order valence-corrected chi connectivity index (χ3v) is 4.37. The lowest BCUT2D eigenvalue weighted by Gasteiger charge is -2.05. The molecule has 0 aliphatic rings. The van der Waals surface area contributed by atoms with Gasteiger partial charge in [0.05, 0.1) is 10.6 Å². The van der Waals surface area contributed by atoms with Crippen molar-refractivity contribution in [3.63, 3.8) is 0 Å². The van der Waals surface area contributed by atoms with Gasteiger partial charge in [0.15, 0.2) is 9.84 Å². The molecule has 20 heavy (non-hydrogen) atoms. The van der Waals surface area contributed by atoms with Gasteiger partial charge in [-0.25, -0.2) is 8.42 Å². The second-order valence-electron chi connectivity index (χ2n) is 4.49. The molecule has 2 rings (SSSR count). The van der Waals surface area contributed by atoms with Gasteiger partial charge in [0, 0.05) is 30.0 Å². The number of aromatic nitrogens is 1. The van der Waals surface area contributed by atoms with E-state index in [1.165, 1.54) is 6.26 Å². The molecule has 0 spiro atoms. The monoisotopic (exact) mass is 354 g/mol. The van der Waals surface area contributed by atoms with Gasteiger partial charge < -0.3 is 5.32 Å². The van der Waals surface area contributed by atoms with Crippen LogP contribution < -0.4 is 5.32 Å². The Balaban J connectivity index is 1.90. The van der Waals surface area contributed by atoms with Gasteiger partial charge in [0.2, 0.25) is 0 Å². The van der Waals surface area contributed by atoms with E-state index >= 15 is 0 Å². The van der Waals surface area contributed by atoms with E-state index < -0.39 is 9.84 Å². The van der Waals surface area contributed by atoms with Crippen LogP contribution in [0.1, 0.15) is 11.3 Å². The van der Waals surface area contributed by atoms with E-state index in [1.54, 1.807) is 18.3 Å². The van der Waals surface area contributed by atoms with Crippen molar-refractivity contribution in [3.8, 4) is 0 Å². The zero-order valence-electron chi connectivity index (χ0n) is 11.0. The second-order valence-corrected chi connectivity index (χ2v) is 7.42. The van der Waals surface area contributed by atoms with Crippen LogP contribution in [0.4, 0.5) is 0 Å². The van der Waals surface area contributed by atoms with Crippen molar-refractivity contribution in [1.29, 1.82) is 0 Å². The van der Waals surface area contributed by atoms with Crippen molar-refractivity contribution in [1.82, 2.24) is 10.3 Å². The van der Waals surface area contributed by atoms with Gasteiger partial charge in [-0.05, 0) is 45.8 Å². The zero-order valence-corrected chi connectivity index (χ0v) is 13.4. The van der Waals surface area contributed by atoms with E-state index in [9.17, 15) is 8.42 Å². The fraction of sp³-hybridized carbons (Fsp3) is 0.214. The molecule has 0 saturated carbocycles. The highest BCUT2D eigenvalue weighted by molar-refractivity contribution is 9.10. The lowest BCUT2D eigenvalue weighted by molar-refractivity contribution is 0.602. The van der Waals surface area contributed by atoms with Crippen molar-refractivity contribution in [2.45, 2.75) is 18.0 Å². The summed E-state index contributed by atoms with van der Waals surface area (Å²) in [7, 11) is -3.12. The number of rotatable bonds is 5. The summed E-state index contributed by atoms with van der Waals surface area (Å²) >= 11 is 3.34. The molecule has 0 aliphatic carbocycles. The minimum atomic E-state index is -3.12. The maximum atomic E-state index is 11.3. The molecule has 0 radical (unpaired) electrons. The molecule has 1 N–H and O–H groups in total. The van der Waals surface area contributed by atoms with Gasteiger partial charge >= 0.3 is 0 Å². The molecule has 0 unspecified atom stereocenters. The summed E-state index contributed by atoms with van der Waals surface area (Å²) in [5, 5.41) is 3.27. The average molecular weight is 355 g/mol. The van der Waals surface area contributed by atoms with Crippen LogP contribution in [0.15, 0.2) is 52.0 Å². The Kier molecular flexibility index (Phi) is 4.91. The lowest BCUT2D eigenvalue weighted by atomic mass is 10.2. The molecule has 2 aromatic rings. The number of hydrogen-bond acceptors (Lipinski definition) is 4. The molecule has 6 heteroatoms. The summed E-state index contributed by atoms with van der Waals surface area (Å²) in [5.41, 5.74) is 2.00. The average Bonchev–Trinajstić information content (AvgIpc) is 2.41. The molecule has 0 aliphatic heterocycles. The molecule has 1 aromatic carbocycles. The molecule has 0 fully saturated rings. The highest BCUT2D eigenvalue weighted by atomic mass is 79.9. The van der Waals surface area contributed by atoms with Crippen LogP contribution in [0, 0.1) is 0 Å². The summed E-state index contributed by atoms with van der Waals surface area (Å²) < 4.78 is 23.6. The molecule has 4 nitrogen and oxygen atoms in total. The lowest BCUT2D eigenvalue weighted by Crippen LogP contribution is -2.13. The summed E-state index contributed by atoms with van der Waals surface area (Å²) in [4.78, 5) is 4.61. The quantitative estimate of drug-likeness (QED) is 0.896. The molecular formula is C14H15BrN2O2S. The summed E-state index contributed by atoms with van der Waals surface area (Å²) in [6.07, 6.45) is 2.97. The normalized spacial score (nSPS) is 11.5. The van der Waals surface area contributed by atoms with E-state index in [2.05, 4.69) is 26.2 Å². The van der Waals surface area contributed by atoms with Gasteiger partial charge in [0.1, 0.15) is 0 Å². The first-order valence-corrected chi connectivity index (χ1v) is 8.74. The highest BCUT2D eigenvalue weighted by Gasteiger charge is 2.05. The van der Waals surface area contributed by atoms with Crippen molar-refractivity contribution < 1.29 is 8.42 Å². The molecule has 0 amide bonds. The summed E-state index contributed by atoms with van der Waals surface area (Å²) in [5.74, 6) is 0. The molecular weight excluding hydrogens is 340 g/mol. The van der Waals surface area contributed by atoms with Crippen LogP contribution in [-0.4, -0.2) is 19.7 Å². The number of nitrogens with zero attached hydrogens (tertiary/aromatic N) is 1. The Hall–Kier alpha value is -1.24. The van der Waals surface area contributed by atoms with Crippen molar-refractivity contribution in [2.75, 3.05) is 6.26 Å². The van der Waals surface area contributed by atoms with Crippen LogP contribution in [0.2, 0.25) is 0 Å². The second kappa shape index (κ2) is 6.47. The number of sulfone groups is 1. The van der Waals surface area contributed by atoms with E-state index in [4.69, 9.17) is 0 Å². The smallest absolute Gasteiger partial charge is 0.175 e. The number of hydrogen-bond donors (Lipinski definition) is 1. The third kappa shape index (κ3) is 4.40. The fourth-order valence-electron chi connectivity index (χ4n) is 1.70. The third-order valence-electron chi connectivity index (χ3n) is 2.78. The van der Waals surface area contributed by atoms with E-state index in [0.29, 0.717) is 18.0 Å². The summed E-state index contributed by atoms with van der Waals surface area (Å²) in [6.45, 7) is 1.34. The Morgan fingerprint density at radius 1 is 1.10 bits per heavy atom. The van der Waals surface area contributed by atoms with Gasteiger partial charge in [-0.1, -0.05) is 12.1 Å². The highest BCUT2D eigenvalue weighted by Crippen LogP contribution is 2.10. The minimum absolute atomic E-state index is 0.343. The van der Waals surface area contributed by atoms with Gasteiger partial charge in [-0.3, -0.25) is 4.98 Å². The minimum Gasteiger partial charge on any atom is -0.307 e. The molecule has 1 heterocycles. The Morgan fingerprint density at radius 3 is 2.35 bits per heavy atom. The standard InChI is InChI=1S/C14H15BrN2O2S/c1-20(18,19)14-6-2-11(3-7-14)8-16-10-13-5-4-12(15)9-17-13/h2-7,9,16H,8,10H2,1H3. The Bertz CT molecular complexity index is 667. The van der Waals surface area contributed by atoms with Crippen molar-refractivity contribution >= 4 is 25.8 Å². The molecule has 1 aromatic heterocycles. The predicted molar refractivity (Wildman–Crippen MR) is 82.0 cm³/mol. The van der Waals surface area contributed by atoms with E-state index in [0.717, 1.165) is 15.7 Å². The van der Waals surface area contributed by atoms with Crippen LogP contribution in [0.25, 0.3) is 0 Å². The molecule has 0 saturated heterocycles. The molecule has 0 bridgehead atoms. The molecule has 106 valence electrons. The van der Waals surface area contributed by atoms with Crippen LogP contribution in [0.5, 0.6) is 0 Å². The van der Waals surface area contributed by atoms with E-state index in [-0.39, 0.29) is 0 Å². The maximum absolute atomic E-state index is 11.3. The Labute approximate surface area is 127 Å².